The Labute approximate surface area is 700 Å². The number of benzene rings is 6. The Kier molecular flexibility index (Phi) is 29.7. The number of ether oxygens (including phenoxy) is 2. The molecule has 121 heavy (non-hydrogen) atoms. The number of carbonyl (C=O) groups excluding carboxylic acids is 2. The molecule has 0 aliphatic heterocycles. The quantitative estimate of drug-likeness (QED) is 0.0167. The molecule has 0 saturated heterocycles. The molecule has 0 spiro atoms. The van der Waals surface area contributed by atoms with E-state index in [-0.39, 0.29) is 70.4 Å². The third kappa shape index (κ3) is 22.1. The number of aliphatic hydroxyl groups excluding tert-OH is 1. The van der Waals surface area contributed by atoms with Crippen molar-refractivity contribution in [2.45, 2.75) is 186 Å². The second-order valence-corrected chi connectivity index (χ2v) is 29.0. The fraction of sp³-hybridized carbons (Fsp3) is 0.345. The minimum atomic E-state index is -1.41. The molecule has 0 atom stereocenters. The fourth-order valence-corrected chi connectivity index (χ4v) is 13.3. The first-order valence-corrected chi connectivity index (χ1v) is 39.0. The SMILES string of the molecule is CC.CCCc1nc(C(C)(C)O)c(C(=O)O)n1Cc1ccc(-c2ccccc2-c2nn[nH]n2)cc1.CCCc1nc(C(C)(C)O)c(C(=O)OCc2oc(=O)oc2C)n1Cc1ccc(-c2ccccc2-c2n[nH][n+](C)n2)cc1.CCCc1nc(C(C)(C)O)c(C(=O)OCc2oc(=O)oc2C)n1Cc1ccc(-c2ccccc2-c2nn[nH]n2)cc1.[2H]C.[2H]OC. The number of esters is 2. The first kappa shape index (κ1) is 88.2. The van der Waals surface area contributed by atoms with Gasteiger partial charge in [0.05, 0.1) is 10.7 Å². The molecule has 34 heteroatoms. The van der Waals surface area contributed by atoms with E-state index in [1.165, 1.54) is 14.5 Å². The van der Waals surface area contributed by atoms with Crippen LogP contribution in [0.15, 0.2) is 173 Å². The van der Waals surface area contributed by atoms with Crippen molar-refractivity contribution in [3.8, 4) is 67.5 Å². The summed E-state index contributed by atoms with van der Waals surface area (Å²) < 4.78 is 47.4. The number of aromatic amines is 3. The van der Waals surface area contributed by atoms with Crippen molar-refractivity contribution in [1.29, 1.82) is 1.43 Å². The number of aliphatic hydroxyl groups is 4. The third-order valence-corrected chi connectivity index (χ3v) is 18.8. The average Bonchev–Trinajstić information content (AvgIpc) is 1.63. The summed E-state index contributed by atoms with van der Waals surface area (Å²) in [5, 5.41) is 85.9. The summed E-state index contributed by atoms with van der Waals surface area (Å²) in [6.45, 7) is 22.9. The molecule has 0 aliphatic rings. The van der Waals surface area contributed by atoms with Gasteiger partial charge in [-0.3, -0.25) is 0 Å². The van der Waals surface area contributed by atoms with Crippen LogP contribution >= 0.6 is 0 Å². The van der Waals surface area contributed by atoms with E-state index in [2.05, 4.69) is 76.7 Å². The molecule has 0 bridgehead atoms. The molecule has 0 aliphatic carbocycles. The molecule has 6 aromatic carbocycles. The smallest absolute Gasteiger partial charge is 0.477 e. The van der Waals surface area contributed by atoms with Crippen LogP contribution in [-0.4, -0.2) is 137 Å². The maximum absolute atomic E-state index is 13.5. The number of hydrogen-bond acceptors (Lipinski definition) is 26. The van der Waals surface area contributed by atoms with E-state index in [4.69, 9.17) is 29.9 Å². The van der Waals surface area contributed by atoms with Crippen LogP contribution in [0.3, 0.4) is 0 Å². The lowest BCUT2D eigenvalue weighted by atomic mass is 9.98. The van der Waals surface area contributed by atoms with Gasteiger partial charge in [0.15, 0.2) is 53.3 Å². The van der Waals surface area contributed by atoms with Crippen molar-refractivity contribution in [1.82, 2.24) is 85.3 Å². The molecule has 0 unspecified atom stereocenters. The zero-order chi connectivity index (χ0) is 89.5. The minimum absolute atomic E-state index is 0.0254. The second-order valence-electron chi connectivity index (χ2n) is 29.0. The maximum atomic E-state index is 13.5. The van der Waals surface area contributed by atoms with Gasteiger partial charge in [0, 0.05) is 58.5 Å². The Morgan fingerprint density at radius 2 is 0.793 bits per heavy atom. The van der Waals surface area contributed by atoms with Crippen LogP contribution in [0.1, 0.15) is 210 Å². The van der Waals surface area contributed by atoms with Gasteiger partial charge in [-0.1, -0.05) is 186 Å². The van der Waals surface area contributed by atoms with Crippen molar-refractivity contribution >= 4 is 17.9 Å². The summed E-state index contributed by atoms with van der Waals surface area (Å²) in [6.07, 6.45) is 4.17. The number of tetrazole rings is 3. The number of carboxylic acid groups (broad SMARTS) is 1. The molecule has 636 valence electrons. The van der Waals surface area contributed by atoms with Gasteiger partial charge >= 0.3 is 35.4 Å². The lowest BCUT2D eigenvalue weighted by Crippen LogP contribution is -2.33. The zero-order valence-electron chi connectivity index (χ0n) is 72.5. The molecule has 14 rings (SSSR count). The van der Waals surface area contributed by atoms with E-state index in [1.54, 1.807) is 80.9 Å². The van der Waals surface area contributed by atoms with Crippen LogP contribution in [0, 0.1) is 13.8 Å². The lowest BCUT2D eigenvalue weighted by molar-refractivity contribution is -0.783. The number of nitrogens with zero attached hydrogens (tertiary/aromatic N) is 15. The largest absolute Gasteiger partial charge is 0.519 e. The Morgan fingerprint density at radius 1 is 0.488 bits per heavy atom. The van der Waals surface area contributed by atoms with E-state index in [9.17, 15) is 44.4 Å². The number of imidazole rings is 3. The zero-order valence-corrected chi connectivity index (χ0v) is 70.5. The van der Waals surface area contributed by atoms with E-state index < -0.39 is 46.4 Å². The third-order valence-electron chi connectivity index (χ3n) is 18.8. The van der Waals surface area contributed by atoms with Crippen LogP contribution in [0.25, 0.3) is 67.5 Å². The van der Waals surface area contributed by atoms with Crippen molar-refractivity contribution in [3.05, 3.63) is 258 Å². The van der Waals surface area contributed by atoms with Gasteiger partial charge in [-0.2, -0.15) is 10.4 Å². The number of H-pyrrole nitrogens is 3. The molecule has 8 N–H and O–H groups in total. The van der Waals surface area contributed by atoms with Crippen molar-refractivity contribution in [2.75, 3.05) is 7.11 Å². The first-order chi connectivity index (χ1) is 58.9. The van der Waals surface area contributed by atoms with E-state index in [0.717, 1.165) is 86.0 Å². The van der Waals surface area contributed by atoms with E-state index >= 15 is 0 Å². The molecule has 8 heterocycles. The number of hydrogen-bond donors (Lipinski definition) is 8. The van der Waals surface area contributed by atoms with Gasteiger partial charge < -0.3 is 66.4 Å². The van der Waals surface area contributed by atoms with Gasteiger partial charge in [-0.15, -0.1) is 20.4 Å². The van der Waals surface area contributed by atoms with Gasteiger partial charge in [-0.05, 0) is 152 Å². The molecule has 0 radical (unpaired) electrons. The summed E-state index contributed by atoms with van der Waals surface area (Å²) in [7, 11) is 4.32. The second kappa shape index (κ2) is 40.7. The maximum Gasteiger partial charge on any atom is 0.519 e. The lowest BCUT2D eigenvalue weighted by Gasteiger charge is -2.17. The highest BCUT2D eigenvalue weighted by molar-refractivity contribution is 5.91. The molecular formula is C87H103N18O16+. The van der Waals surface area contributed by atoms with Crippen LogP contribution in [0.4, 0.5) is 0 Å². The summed E-state index contributed by atoms with van der Waals surface area (Å²) >= 11 is 0. The van der Waals surface area contributed by atoms with Gasteiger partial charge in [0.25, 0.3) is 0 Å². The minimum Gasteiger partial charge on any atom is -0.477 e. The summed E-state index contributed by atoms with van der Waals surface area (Å²) in [4.78, 5) is 77.3. The van der Waals surface area contributed by atoms with Crippen LogP contribution in [-0.2, 0) is 85.4 Å². The Hall–Kier alpha value is -13.6. The highest BCUT2D eigenvalue weighted by Crippen LogP contribution is 2.36. The van der Waals surface area contributed by atoms with Crippen LogP contribution in [0.2, 0.25) is 0 Å². The molecule has 0 amide bonds. The van der Waals surface area contributed by atoms with E-state index in [1.807, 2.05) is 180 Å². The van der Waals surface area contributed by atoms with Gasteiger partial charge in [-0.25, -0.2) is 38.9 Å². The number of aromatic nitrogens is 18. The predicted octanol–water partition coefficient (Wildman–Crippen LogP) is 12.7. The average molecular weight is 1660 g/mol. The highest BCUT2D eigenvalue weighted by Gasteiger charge is 2.36. The van der Waals surface area contributed by atoms with Crippen LogP contribution < -0.4 is 16.4 Å². The van der Waals surface area contributed by atoms with E-state index in [0.29, 0.717) is 73.8 Å². The fourth-order valence-electron chi connectivity index (χ4n) is 13.3. The van der Waals surface area contributed by atoms with Crippen LogP contribution in [0.5, 0.6) is 0 Å². The number of rotatable bonds is 28. The molecule has 0 fully saturated rings. The summed E-state index contributed by atoms with van der Waals surface area (Å²) in [6, 6.07) is 47.3. The standard InChI is InChI=1S/C30H32N6O6.C29H30N6O6.C24H26N6O3.C2H6.CH4O.CH4/c1-6-9-24-31-26(30(3,4)39)25(28(37)40-17-23-18(2)41-29(38)42-23)36(24)16-19-12-14-20(15-13-19)21-10-7-8-11-22(21)27-32-34-35(5)33-27;1-5-8-23-30-25(29(3,4)38)24(27(36)39-16-22-17(2)40-28(37)41-22)35(23)15-18-11-13-19(14-12-18)20-9-6-7-10-21(20)26-31-33-34-32-26;1-4-7-19-25-21(24(2,3)33)20(23(31)32)30(19)14-15-10-12-16(13-11-15)17-8-5-6-9-18(17)22-26-28-29-27-22;2*1-2;/h7-8,10-15,39H,6,9,16-17H2,1-5H3;6-7,9-14,38H,5,8,15-16H2,1-4H3,(H,31,32,33,34);5-6,8-13,33H,4,7,14H2,1-3H3,(H,31,32)(H,26,27,28,29);1-2H3;2H,1H3;1H4/p+1/i;;;;2D;1D. The van der Waals surface area contributed by atoms with Crippen molar-refractivity contribution < 1.29 is 73.2 Å². The molecule has 8 aromatic heterocycles. The number of nitrogens with one attached hydrogen (secondary N) is 3. The normalized spacial score (nSPS) is 11.4. The highest BCUT2D eigenvalue weighted by atomic mass is 16.6. The molecule has 34 nitrogen and oxygen atoms in total. The number of carbonyl (C=O) groups is 3. The first-order valence-electron chi connectivity index (χ1n) is 40.4. The predicted molar refractivity (Wildman–Crippen MR) is 446 cm³/mol. The number of aromatic carboxylic acids is 1. The monoisotopic (exact) mass is 1660 g/mol. The van der Waals surface area contributed by atoms with Crippen molar-refractivity contribution in [3.63, 3.8) is 0 Å². The molecule has 14 aromatic rings. The number of aryl methyl sites for hydroxylation is 6. The molecular weight excluding hydrogens is 1550 g/mol. The summed E-state index contributed by atoms with van der Waals surface area (Å²) in [5.74, 6) is 0.00426. The Balaban J connectivity index is 0.000000203. The topological polar surface area (TPSA) is 465 Å². The van der Waals surface area contributed by atoms with Gasteiger partial charge in [0.2, 0.25) is 13.1 Å². The van der Waals surface area contributed by atoms with Gasteiger partial charge in [0.1, 0.15) is 58.4 Å². The van der Waals surface area contributed by atoms with Crippen molar-refractivity contribution in [2.24, 2.45) is 7.05 Å². The summed E-state index contributed by atoms with van der Waals surface area (Å²) in [5.41, 5.74) is 7.90. The Bertz CT molecular complexity index is 5900. The Morgan fingerprint density at radius 3 is 1.06 bits per heavy atom. The molecule has 0 saturated carbocycles. The number of carboxylic acids is 1.